The van der Waals surface area contributed by atoms with E-state index in [-0.39, 0.29) is 0 Å². The molecule has 0 bridgehead atoms. The van der Waals surface area contributed by atoms with Crippen molar-refractivity contribution in [3.63, 3.8) is 0 Å². The van der Waals surface area contributed by atoms with Crippen LogP contribution in [0.2, 0.25) is 0 Å². The fourth-order valence-electron chi connectivity index (χ4n) is 1.34. The number of nitrogens with two attached hydrogens (primary N) is 1. The first-order valence-corrected chi connectivity index (χ1v) is 4.30. The summed E-state index contributed by atoms with van der Waals surface area (Å²) < 4.78 is 1.93. The van der Waals surface area contributed by atoms with Crippen molar-refractivity contribution in [1.29, 1.82) is 0 Å². The molecule has 0 radical (unpaired) electrons. The van der Waals surface area contributed by atoms with Gasteiger partial charge in [-0.3, -0.25) is 0 Å². The minimum absolute atomic E-state index is 0.442. The Morgan fingerprint density at radius 3 is 2.79 bits per heavy atom. The molecule has 0 aliphatic carbocycles. The summed E-state index contributed by atoms with van der Waals surface area (Å²) in [6.45, 7) is 0.442. The average molecular weight is 189 g/mol. The molecule has 0 aliphatic heterocycles. The molecule has 72 valence electrons. The Morgan fingerprint density at radius 1 is 1.36 bits per heavy atom. The average Bonchev–Trinajstić information content (AvgIpc) is 2.64. The van der Waals surface area contributed by atoms with Crippen molar-refractivity contribution in [2.24, 2.45) is 12.8 Å². The van der Waals surface area contributed by atoms with Crippen LogP contribution in [0.25, 0.3) is 11.4 Å². The van der Waals surface area contributed by atoms with Crippen molar-refractivity contribution >= 4 is 0 Å². The van der Waals surface area contributed by atoms with Crippen LogP contribution in [0.1, 0.15) is 5.56 Å². The van der Waals surface area contributed by atoms with Gasteiger partial charge in [0.1, 0.15) is 5.82 Å². The van der Waals surface area contributed by atoms with Crippen molar-refractivity contribution in [3.05, 3.63) is 30.4 Å². The first-order valence-electron chi connectivity index (χ1n) is 4.30. The maximum atomic E-state index is 5.60. The predicted octanol–water partition coefficient (Wildman–Crippen LogP) is 0.336. The molecule has 0 fully saturated rings. The largest absolute Gasteiger partial charge is 0.334 e. The lowest BCUT2D eigenvalue weighted by molar-refractivity contribution is 0.904. The Balaban J connectivity index is 2.56. The highest BCUT2D eigenvalue weighted by molar-refractivity contribution is 5.58. The minimum Gasteiger partial charge on any atom is -0.334 e. The summed E-state index contributed by atoms with van der Waals surface area (Å²) in [5.41, 5.74) is 7.49. The zero-order valence-electron chi connectivity index (χ0n) is 7.88. The van der Waals surface area contributed by atoms with Crippen LogP contribution < -0.4 is 5.73 Å². The Labute approximate surface area is 81.6 Å². The van der Waals surface area contributed by atoms with Crippen LogP contribution in [0.15, 0.2) is 24.8 Å². The normalized spacial score (nSPS) is 10.4. The van der Waals surface area contributed by atoms with Crippen LogP contribution in [-0.2, 0) is 13.6 Å². The molecule has 2 heterocycles. The van der Waals surface area contributed by atoms with E-state index in [1.54, 1.807) is 18.6 Å². The molecular weight excluding hydrogens is 178 g/mol. The lowest BCUT2D eigenvalue weighted by Gasteiger charge is -2.05. The molecule has 2 aromatic rings. The quantitative estimate of drug-likeness (QED) is 0.739. The lowest BCUT2D eigenvalue weighted by atomic mass is 10.1. The third kappa shape index (κ3) is 1.38. The number of aromatic nitrogens is 4. The van der Waals surface area contributed by atoms with Gasteiger partial charge >= 0.3 is 0 Å². The molecule has 14 heavy (non-hydrogen) atoms. The highest BCUT2D eigenvalue weighted by Gasteiger charge is 2.08. The Hall–Kier alpha value is -1.75. The van der Waals surface area contributed by atoms with Crippen LogP contribution in [0.5, 0.6) is 0 Å². The van der Waals surface area contributed by atoms with Crippen molar-refractivity contribution in [2.45, 2.75) is 6.54 Å². The van der Waals surface area contributed by atoms with Gasteiger partial charge in [-0.25, -0.2) is 4.98 Å². The van der Waals surface area contributed by atoms with Gasteiger partial charge in [0, 0.05) is 31.5 Å². The van der Waals surface area contributed by atoms with Crippen LogP contribution in [0.4, 0.5) is 0 Å². The summed E-state index contributed by atoms with van der Waals surface area (Å²) in [6, 6.07) is 0. The molecule has 2 aromatic heterocycles. The van der Waals surface area contributed by atoms with Crippen LogP contribution >= 0.6 is 0 Å². The van der Waals surface area contributed by atoms with E-state index in [1.165, 1.54) is 0 Å². The Bertz CT molecular complexity index is 434. The fourth-order valence-corrected chi connectivity index (χ4v) is 1.34. The third-order valence-electron chi connectivity index (χ3n) is 2.10. The minimum atomic E-state index is 0.442. The number of imidazole rings is 1. The molecule has 2 N–H and O–H groups in total. The third-order valence-corrected chi connectivity index (χ3v) is 2.10. The summed E-state index contributed by atoms with van der Waals surface area (Å²) in [6.07, 6.45) is 6.99. The summed E-state index contributed by atoms with van der Waals surface area (Å²) in [5, 5.41) is 7.62. The van der Waals surface area contributed by atoms with E-state index >= 15 is 0 Å². The number of rotatable bonds is 2. The van der Waals surface area contributed by atoms with Crippen LogP contribution in [0, 0.1) is 0 Å². The second-order valence-electron chi connectivity index (χ2n) is 2.99. The molecule has 5 nitrogen and oxygen atoms in total. The molecule has 0 spiro atoms. The maximum Gasteiger partial charge on any atom is 0.141 e. The Kier molecular flexibility index (Phi) is 2.24. The van der Waals surface area contributed by atoms with Crippen molar-refractivity contribution in [3.8, 4) is 11.4 Å². The summed E-state index contributed by atoms with van der Waals surface area (Å²) in [4.78, 5) is 4.23. The van der Waals surface area contributed by atoms with Gasteiger partial charge in [0.2, 0.25) is 0 Å². The van der Waals surface area contributed by atoms with Crippen molar-refractivity contribution in [2.75, 3.05) is 0 Å². The Morgan fingerprint density at radius 2 is 2.14 bits per heavy atom. The van der Waals surface area contributed by atoms with E-state index in [2.05, 4.69) is 15.2 Å². The standard InChI is InChI=1S/C9H11N5/c1-14-3-2-11-9(14)8-6-13-12-5-7(8)4-10/h2-3,5-6H,4,10H2,1H3. The molecule has 0 amide bonds. The zero-order valence-corrected chi connectivity index (χ0v) is 7.88. The smallest absolute Gasteiger partial charge is 0.141 e. The molecule has 5 heteroatoms. The van der Waals surface area contributed by atoms with Gasteiger partial charge in [-0.2, -0.15) is 10.2 Å². The van der Waals surface area contributed by atoms with Gasteiger partial charge in [0.25, 0.3) is 0 Å². The van der Waals surface area contributed by atoms with E-state index in [0.29, 0.717) is 6.54 Å². The molecule has 0 saturated heterocycles. The molecule has 2 rings (SSSR count). The van der Waals surface area contributed by atoms with Gasteiger partial charge in [0.15, 0.2) is 0 Å². The molecule has 0 saturated carbocycles. The van der Waals surface area contributed by atoms with E-state index in [4.69, 9.17) is 5.73 Å². The first kappa shape index (κ1) is 8.83. The zero-order chi connectivity index (χ0) is 9.97. The van der Waals surface area contributed by atoms with E-state index in [1.807, 2.05) is 17.8 Å². The van der Waals surface area contributed by atoms with Crippen molar-refractivity contribution in [1.82, 2.24) is 19.7 Å². The van der Waals surface area contributed by atoms with Gasteiger partial charge in [-0.05, 0) is 5.56 Å². The molecular formula is C9H11N5. The van der Waals surface area contributed by atoms with Gasteiger partial charge in [0.05, 0.1) is 12.4 Å². The topological polar surface area (TPSA) is 69.6 Å². The van der Waals surface area contributed by atoms with Gasteiger partial charge in [-0.15, -0.1) is 0 Å². The van der Waals surface area contributed by atoms with Crippen molar-refractivity contribution < 1.29 is 0 Å². The van der Waals surface area contributed by atoms with Gasteiger partial charge < -0.3 is 10.3 Å². The van der Waals surface area contributed by atoms with Crippen LogP contribution in [-0.4, -0.2) is 19.7 Å². The van der Waals surface area contributed by atoms with Crippen LogP contribution in [0.3, 0.4) is 0 Å². The summed E-state index contributed by atoms with van der Waals surface area (Å²) in [5.74, 6) is 0.861. The van der Waals surface area contributed by atoms with E-state index in [9.17, 15) is 0 Å². The highest BCUT2D eigenvalue weighted by atomic mass is 15.1. The second-order valence-corrected chi connectivity index (χ2v) is 2.99. The number of hydrogen-bond donors (Lipinski definition) is 1. The molecule has 0 unspecified atom stereocenters. The summed E-state index contributed by atoms with van der Waals surface area (Å²) in [7, 11) is 1.93. The van der Waals surface area contributed by atoms with E-state index < -0.39 is 0 Å². The summed E-state index contributed by atoms with van der Waals surface area (Å²) >= 11 is 0. The monoisotopic (exact) mass is 189 g/mol. The SMILES string of the molecule is Cn1ccnc1-c1cnncc1CN. The number of aryl methyl sites for hydroxylation is 1. The first-order chi connectivity index (χ1) is 6.83. The predicted molar refractivity (Wildman–Crippen MR) is 52.1 cm³/mol. The van der Waals surface area contributed by atoms with E-state index in [0.717, 1.165) is 17.0 Å². The fraction of sp³-hybridized carbons (Fsp3) is 0.222. The molecule has 0 aromatic carbocycles. The van der Waals surface area contributed by atoms with Gasteiger partial charge in [-0.1, -0.05) is 0 Å². The lowest BCUT2D eigenvalue weighted by Crippen LogP contribution is -2.03. The molecule has 0 aliphatic rings. The number of nitrogens with zero attached hydrogens (tertiary/aromatic N) is 4. The number of hydrogen-bond acceptors (Lipinski definition) is 4. The molecule has 0 atom stereocenters. The second kappa shape index (κ2) is 3.55. The highest BCUT2D eigenvalue weighted by Crippen LogP contribution is 2.18. The maximum absolute atomic E-state index is 5.60.